The van der Waals surface area contributed by atoms with Gasteiger partial charge >= 0.3 is 0 Å². The van der Waals surface area contributed by atoms with Gasteiger partial charge in [-0.25, -0.2) is 0 Å². The Hall–Kier alpha value is -1.95. The van der Waals surface area contributed by atoms with E-state index in [4.69, 9.17) is 0 Å². The third kappa shape index (κ3) is 3.88. The van der Waals surface area contributed by atoms with Gasteiger partial charge in [-0.2, -0.15) is 0 Å². The third-order valence-corrected chi connectivity index (χ3v) is 4.84. The molecule has 0 unspecified atom stereocenters. The molecule has 1 N–H and O–H groups in total. The monoisotopic (exact) mass is 317 g/mol. The van der Waals surface area contributed by atoms with Gasteiger partial charge < -0.3 is 10.2 Å². The normalized spacial score (nSPS) is 18.9. The van der Waals surface area contributed by atoms with Crippen LogP contribution in [0.3, 0.4) is 0 Å². The fraction of sp³-hybridized carbons (Fsp3) is 0.588. The molecule has 0 aromatic heterocycles. The summed E-state index contributed by atoms with van der Waals surface area (Å²) in [4.78, 5) is 24.9. The summed E-state index contributed by atoms with van der Waals surface area (Å²) in [6.07, 6.45) is 4.59. The van der Waals surface area contributed by atoms with Crippen LogP contribution in [0.5, 0.6) is 0 Å². The molecule has 124 valence electrons. The molecule has 6 nitrogen and oxygen atoms in total. The number of aryl methyl sites for hydroxylation is 1. The molecule has 2 fully saturated rings. The van der Waals surface area contributed by atoms with Gasteiger partial charge in [0.1, 0.15) is 0 Å². The lowest BCUT2D eigenvalue weighted by molar-refractivity contribution is -0.384. The highest BCUT2D eigenvalue weighted by Crippen LogP contribution is 2.28. The molecule has 1 aromatic carbocycles. The quantitative estimate of drug-likeness (QED) is 0.669. The van der Waals surface area contributed by atoms with Crippen LogP contribution in [-0.4, -0.2) is 41.4 Å². The molecule has 0 atom stereocenters. The Morgan fingerprint density at radius 2 is 2.00 bits per heavy atom. The first-order valence-electron chi connectivity index (χ1n) is 8.32. The molecular formula is C17H23N3O3. The number of amides is 1. The highest BCUT2D eigenvalue weighted by atomic mass is 16.6. The van der Waals surface area contributed by atoms with Crippen molar-refractivity contribution in [3.63, 3.8) is 0 Å². The Bertz CT molecular complexity index is 605. The number of hydrogen-bond donors (Lipinski definition) is 1. The van der Waals surface area contributed by atoms with Crippen LogP contribution >= 0.6 is 0 Å². The number of likely N-dealkylation sites (tertiary alicyclic amines) is 1. The summed E-state index contributed by atoms with van der Waals surface area (Å²) in [6, 6.07) is 4.98. The summed E-state index contributed by atoms with van der Waals surface area (Å²) >= 11 is 0. The average Bonchev–Trinajstić information content (AvgIpc) is 3.37. The fourth-order valence-electron chi connectivity index (χ4n) is 3.07. The van der Waals surface area contributed by atoms with Crippen molar-refractivity contribution in [1.82, 2.24) is 10.2 Å². The number of hydrogen-bond acceptors (Lipinski definition) is 4. The zero-order valence-corrected chi connectivity index (χ0v) is 13.5. The van der Waals surface area contributed by atoms with E-state index in [2.05, 4.69) is 5.32 Å². The second kappa shape index (κ2) is 6.66. The van der Waals surface area contributed by atoms with Crippen LogP contribution in [0.4, 0.5) is 5.69 Å². The summed E-state index contributed by atoms with van der Waals surface area (Å²) in [6.45, 7) is 4.34. The fourth-order valence-corrected chi connectivity index (χ4v) is 3.07. The minimum Gasteiger partial charge on any atom is -0.339 e. The lowest BCUT2D eigenvalue weighted by Crippen LogP contribution is -2.45. The molecular weight excluding hydrogens is 294 g/mol. The molecule has 3 rings (SSSR count). The van der Waals surface area contributed by atoms with Crippen molar-refractivity contribution in [2.75, 3.05) is 19.6 Å². The van der Waals surface area contributed by atoms with Crippen molar-refractivity contribution in [3.05, 3.63) is 39.4 Å². The highest BCUT2D eigenvalue weighted by molar-refractivity contribution is 5.96. The smallest absolute Gasteiger partial charge is 0.270 e. The van der Waals surface area contributed by atoms with E-state index in [-0.39, 0.29) is 11.6 Å². The molecule has 23 heavy (non-hydrogen) atoms. The van der Waals surface area contributed by atoms with E-state index in [0.717, 1.165) is 30.9 Å². The predicted octanol–water partition coefficient (Wildman–Crippen LogP) is 2.51. The van der Waals surface area contributed by atoms with E-state index >= 15 is 0 Å². The van der Waals surface area contributed by atoms with E-state index in [1.165, 1.54) is 25.0 Å². The number of benzene rings is 1. The number of nitrogens with zero attached hydrogens (tertiary/aromatic N) is 2. The average molecular weight is 317 g/mol. The molecule has 1 aliphatic heterocycles. The van der Waals surface area contributed by atoms with Crippen molar-refractivity contribution < 1.29 is 9.72 Å². The minimum atomic E-state index is -0.454. The largest absolute Gasteiger partial charge is 0.339 e. The van der Waals surface area contributed by atoms with Crippen LogP contribution in [0.15, 0.2) is 18.2 Å². The molecule has 1 saturated carbocycles. The molecule has 1 amide bonds. The Labute approximate surface area is 136 Å². The van der Waals surface area contributed by atoms with Crippen molar-refractivity contribution in [2.45, 2.75) is 38.6 Å². The number of piperidine rings is 1. The van der Waals surface area contributed by atoms with Gasteiger partial charge in [0.05, 0.1) is 4.92 Å². The number of nitrogens with one attached hydrogen (secondary N) is 1. The molecule has 1 saturated heterocycles. The van der Waals surface area contributed by atoms with Crippen LogP contribution in [0.2, 0.25) is 0 Å². The zero-order valence-electron chi connectivity index (χ0n) is 13.5. The van der Waals surface area contributed by atoms with Gasteiger partial charge in [0.2, 0.25) is 0 Å². The van der Waals surface area contributed by atoms with Gasteiger partial charge in [0, 0.05) is 36.8 Å². The number of carbonyl (C=O) groups excluding carboxylic acids is 1. The molecule has 0 radical (unpaired) electrons. The zero-order chi connectivity index (χ0) is 16.4. The maximum absolute atomic E-state index is 12.7. The molecule has 0 spiro atoms. The lowest BCUT2D eigenvalue weighted by atomic mass is 10.0. The summed E-state index contributed by atoms with van der Waals surface area (Å²) in [7, 11) is 0. The first-order chi connectivity index (χ1) is 11.0. The Balaban J connectivity index is 1.60. The van der Waals surface area contributed by atoms with Crippen LogP contribution in [0.1, 0.15) is 41.6 Å². The maximum Gasteiger partial charge on any atom is 0.270 e. The summed E-state index contributed by atoms with van der Waals surface area (Å²) in [5, 5.41) is 14.5. The number of nitro benzene ring substituents is 1. The second-order valence-corrected chi connectivity index (χ2v) is 6.67. The Morgan fingerprint density at radius 3 is 2.61 bits per heavy atom. The number of non-ortho nitro benzene ring substituents is 1. The minimum absolute atomic E-state index is 0.0278. The summed E-state index contributed by atoms with van der Waals surface area (Å²) < 4.78 is 0. The van der Waals surface area contributed by atoms with Crippen LogP contribution < -0.4 is 5.32 Å². The third-order valence-electron chi connectivity index (χ3n) is 4.84. The first kappa shape index (κ1) is 15.9. The summed E-state index contributed by atoms with van der Waals surface area (Å²) in [5.74, 6) is 0.772. The standard InChI is InChI=1S/C17H23N3O3/c1-12-2-5-15(20(22)23)10-16(12)17(21)19-8-6-14(7-9-19)18-11-13-3-4-13/h2,5,10,13-14,18H,3-4,6-9,11H2,1H3. The second-order valence-electron chi connectivity index (χ2n) is 6.67. The van der Waals surface area contributed by atoms with E-state index in [0.29, 0.717) is 24.7 Å². The van der Waals surface area contributed by atoms with Crippen molar-refractivity contribution >= 4 is 11.6 Å². The molecule has 1 aliphatic carbocycles. The van der Waals surface area contributed by atoms with E-state index in [1.54, 1.807) is 6.07 Å². The highest BCUT2D eigenvalue weighted by Gasteiger charge is 2.27. The Kier molecular flexibility index (Phi) is 4.61. The predicted molar refractivity (Wildman–Crippen MR) is 87.5 cm³/mol. The topological polar surface area (TPSA) is 75.5 Å². The Morgan fingerprint density at radius 1 is 1.30 bits per heavy atom. The van der Waals surface area contributed by atoms with Crippen LogP contribution in [0, 0.1) is 23.0 Å². The van der Waals surface area contributed by atoms with Crippen LogP contribution in [0.25, 0.3) is 0 Å². The number of nitro groups is 1. The van der Waals surface area contributed by atoms with Crippen molar-refractivity contribution in [3.8, 4) is 0 Å². The van der Waals surface area contributed by atoms with Gasteiger partial charge in [-0.15, -0.1) is 0 Å². The van der Waals surface area contributed by atoms with E-state index < -0.39 is 4.92 Å². The van der Waals surface area contributed by atoms with Gasteiger partial charge in [-0.3, -0.25) is 14.9 Å². The SMILES string of the molecule is Cc1ccc([N+](=O)[O-])cc1C(=O)N1CCC(NCC2CC2)CC1. The maximum atomic E-state index is 12.7. The number of rotatable bonds is 5. The number of carbonyl (C=O) groups is 1. The summed E-state index contributed by atoms with van der Waals surface area (Å²) in [5.41, 5.74) is 1.21. The van der Waals surface area contributed by atoms with Crippen molar-refractivity contribution in [1.29, 1.82) is 0 Å². The molecule has 6 heteroatoms. The van der Waals surface area contributed by atoms with Crippen molar-refractivity contribution in [2.24, 2.45) is 5.92 Å². The van der Waals surface area contributed by atoms with Gasteiger partial charge in [0.15, 0.2) is 0 Å². The van der Waals surface area contributed by atoms with E-state index in [9.17, 15) is 14.9 Å². The van der Waals surface area contributed by atoms with Gasteiger partial charge in [-0.1, -0.05) is 6.07 Å². The lowest BCUT2D eigenvalue weighted by Gasteiger charge is -2.33. The van der Waals surface area contributed by atoms with Gasteiger partial charge in [0.25, 0.3) is 11.6 Å². The van der Waals surface area contributed by atoms with Gasteiger partial charge in [-0.05, 0) is 50.6 Å². The molecule has 1 aromatic rings. The van der Waals surface area contributed by atoms with Crippen LogP contribution in [-0.2, 0) is 0 Å². The van der Waals surface area contributed by atoms with E-state index in [1.807, 2.05) is 11.8 Å². The molecule has 1 heterocycles. The molecule has 0 bridgehead atoms. The first-order valence-corrected chi connectivity index (χ1v) is 8.32. The molecule has 2 aliphatic rings.